The highest BCUT2D eigenvalue weighted by Gasteiger charge is 2.80. The van der Waals surface area contributed by atoms with E-state index in [0.29, 0.717) is 38.7 Å². The van der Waals surface area contributed by atoms with Crippen molar-refractivity contribution in [2.75, 3.05) is 6.61 Å². The first-order chi connectivity index (χ1) is 15.1. The zero-order valence-electron chi connectivity index (χ0n) is 19.0. The van der Waals surface area contributed by atoms with Gasteiger partial charge in [-0.25, -0.2) is 4.79 Å². The molecule has 0 amide bonds. The summed E-state index contributed by atoms with van der Waals surface area (Å²) >= 11 is 0. The number of rotatable bonds is 2. The van der Waals surface area contributed by atoms with E-state index in [1.165, 1.54) is 6.92 Å². The molecular weight excluding hydrogens is 412 g/mol. The number of carbonyl (C=O) groups is 2. The lowest BCUT2D eigenvalue weighted by molar-refractivity contribution is -0.241. The summed E-state index contributed by atoms with van der Waals surface area (Å²) in [6.07, 6.45) is 7.02. The van der Waals surface area contributed by atoms with Crippen molar-refractivity contribution in [3.63, 3.8) is 0 Å². The molecular formula is C25H34O7. The number of aliphatic hydroxyl groups is 2. The van der Waals surface area contributed by atoms with Crippen molar-refractivity contribution >= 4 is 11.9 Å². The van der Waals surface area contributed by atoms with Crippen molar-refractivity contribution < 1.29 is 34.0 Å². The Morgan fingerprint density at radius 1 is 1.12 bits per heavy atom. The minimum absolute atomic E-state index is 0.0216. The van der Waals surface area contributed by atoms with Crippen molar-refractivity contribution in [2.45, 2.75) is 95.2 Å². The van der Waals surface area contributed by atoms with Crippen LogP contribution in [0.2, 0.25) is 0 Å². The van der Waals surface area contributed by atoms with E-state index in [2.05, 4.69) is 6.92 Å². The van der Waals surface area contributed by atoms with Crippen molar-refractivity contribution in [2.24, 2.45) is 28.6 Å². The molecule has 0 aromatic heterocycles. The second-order valence-corrected chi connectivity index (χ2v) is 11.6. The van der Waals surface area contributed by atoms with Gasteiger partial charge in [0.05, 0.1) is 22.7 Å². The number of hydrogen-bond donors (Lipinski definition) is 2. The van der Waals surface area contributed by atoms with Gasteiger partial charge in [0.15, 0.2) is 0 Å². The second kappa shape index (κ2) is 6.57. The Hall–Kier alpha value is -1.44. The van der Waals surface area contributed by atoms with Crippen molar-refractivity contribution in [1.82, 2.24) is 0 Å². The monoisotopic (exact) mass is 446 g/mol. The number of esters is 2. The van der Waals surface area contributed by atoms with Crippen LogP contribution in [0.15, 0.2) is 11.6 Å². The summed E-state index contributed by atoms with van der Waals surface area (Å²) in [4.78, 5) is 23.9. The Labute approximate surface area is 188 Å². The lowest BCUT2D eigenvalue weighted by atomic mass is 9.42. The summed E-state index contributed by atoms with van der Waals surface area (Å²) in [6.45, 7) is 4.13. The van der Waals surface area contributed by atoms with Crippen LogP contribution in [-0.4, -0.2) is 52.4 Å². The van der Waals surface area contributed by atoms with E-state index < -0.39 is 35.0 Å². The summed E-state index contributed by atoms with van der Waals surface area (Å²) < 4.78 is 17.9. The van der Waals surface area contributed by atoms with E-state index >= 15 is 0 Å². The molecule has 5 fully saturated rings. The molecule has 6 rings (SSSR count). The van der Waals surface area contributed by atoms with Gasteiger partial charge >= 0.3 is 11.9 Å². The molecule has 4 saturated carbocycles. The molecule has 2 heterocycles. The zero-order valence-corrected chi connectivity index (χ0v) is 19.0. The number of fused-ring (bicyclic) bond motifs is 1. The average molecular weight is 447 g/mol. The number of cyclic esters (lactones) is 1. The lowest BCUT2D eigenvalue weighted by Crippen LogP contribution is -2.67. The minimum Gasteiger partial charge on any atom is -0.458 e. The zero-order chi connectivity index (χ0) is 22.5. The molecule has 9 unspecified atom stereocenters. The maximum absolute atomic E-state index is 12.1. The Morgan fingerprint density at radius 3 is 2.66 bits per heavy atom. The Balaban J connectivity index is 1.43. The number of ether oxygens (including phenoxy) is 3. The topological polar surface area (TPSA) is 102 Å². The first-order valence-corrected chi connectivity index (χ1v) is 12.3. The van der Waals surface area contributed by atoms with Gasteiger partial charge in [0.1, 0.15) is 6.61 Å². The van der Waals surface area contributed by atoms with Crippen molar-refractivity contribution in [1.29, 1.82) is 0 Å². The van der Waals surface area contributed by atoms with Gasteiger partial charge in [0, 0.05) is 25.3 Å². The molecule has 32 heavy (non-hydrogen) atoms. The van der Waals surface area contributed by atoms with E-state index in [4.69, 9.17) is 14.2 Å². The van der Waals surface area contributed by atoms with Crippen LogP contribution in [0, 0.1) is 28.6 Å². The van der Waals surface area contributed by atoms with Gasteiger partial charge < -0.3 is 24.4 Å². The molecule has 6 aliphatic rings. The Morgan fingerprint density at radius 2 is 1.94 bits per heavy atom. The third kappa shape index (κ3) is 2.43. The smallest absolute Gasteiger partial charge is 0.331 e. The van der Waals surface area contributed by atoms with E-state index in [1.54, 1.807) is 6.08 Å². The molecule has 0 radical (unpaired) electrons. The fourth-order valence-electron chi connectivity index (χ4n) is 9.43. The van der Waals surface area contributed by atoms with Gasteiger partial charge in [-0.3, -0.25) is 4.79 Å². The van der Waals surface area contributed by atoms with E-state index in [0.717, 1.165) is 31.3 Å². The molecule has 9 atom stereocenters. The molecule has 2 aliphatic heterocycles. The summed E-state index contributed by atoms with van der Waals surface area (Å²) in [6, 6.07) is 0. The van der Waals surface area contributed by atoms with Crippen LogP contribution in [-0.2, 0) is 23.8 Å². The molecule has 176 valence electrons. The van der Waals surface area contributed by atoms with Gasteiger partial charge in [0.2, 0.25) is 6.29 Å². The molecule has 2 N–H and O–H groups in total. The molecule has 0 aromatic rings. The maximum Gasteiger partial charge on any atom is 0.331 e. The fraction of sp³-hybridized carbons (Fsp3) is 0.840. The molecule has 1 spiro atoms. The Kier molecular flexibility index (Phi) is 4.34. The van der Waals surface area contributed by atoms with Gasteiger partial charge in [-0.05, 0) is 74.2 Å². The summed E-state index contributed by atoms with van der Waals surface area (Å²) in [5.74, 6) is 0.0170. The van der Waals surface area contributed by atoms with Gasteiger partial charge in [0.25, 0.3) is 0 Å². The Bertz CT molecular complexity index is 899. The summed E-state index contributed by atoms with van der Waals surface area (Å²) in [5.41, 5.74) is -1.11. The molecule has 1 saturated heterocycles. The van der Waals surface area contributed by atoms with Crippen LogP contribution in [0.3, 0.4) is 0 Å². The van der Waals surface area contributed by atoms with Gasteiger partial charge in [-0.1, -0.05) is 6.92 Å². The highest BCUT2D eigenvalue weighted by atomic mass is 16.7. The minimum atomic E-state index is -1.09. The highest BCUT2D eigenvalue weighted by Crippen LogP contribution is 2.76. The van der Waals surface area contributed by atoms with E-state index in [1.807, 2.05) is 0 Å². The molecule has 7 nitrogen and oxygen atoms in total. The van der Waals surface area contributed by atoms with E-state index in [9.17, 15) is 19.8 Å². The first kappa shape index (κ1) is 21.1. The van der Waals surface area contributed by atoms with E-state index in [-0.39, 0.29) is 29.1 Å². The van der Waals surface area contributed by atoms with Gasteiger partial charge in [-0.2, -0.15) is 0 Å². The van der Waals surface area contributed by atoms with Crippen LogP contribution in [0.25, 0.3) is 0 Å². The number of hydrogen-bond acceptors (Lipinski definition) is 7. The largest absolute Gasteiger partial charge is 0.458 e. The standard InChI is InChI=1S/C25H34O7/c1-14(26)31-21-24-8-5-16(27)12-23(24,29)9-10-25(32-21)18-4-3-17(15-11-20(28)30-13-15)22(18,2)7-6-19(24)25/h11,16-19,21,27,29H,3-10,12-13H2,1-2H3. The third-order valence-corrected chi connectivity index (χ3v) is 10.5. The van der Waals surface area contributed by atoms with Crippen LogP contribution < -0.4 is 0 Å². The van der Waals surface area contributed by atoms with Crippen LogP contribution >= 0.6 is 0 Å². The van der Waals surface area contributed by atoms with Crippen LogP contribution in [0.4, 0.5) is 0 Å². The molecule has 2 bridgehead atoms. The SMILES string of the molecule is CC(=O)OC1OC23CCC4(O)CC(O)CCC14C2CCC1(C)C(C2=CC(=O)OC2)CCC13. The van der Waals surface area contributed by atoms with Crippen LogP contribution in [0.5, 0.6) is 0 Å². The maximum atomic E-state index is 12.1. The normalized spacial score (nSPS) is 53.7. The molecule has 0 aromatic carbocycles. The summed E-state index contributed by atoms with van der Waals surface area (Å²) in [7, 11) is 0. The second-order valence-electron chi connectivity index (χ2n) is 11.6. The number of carbonyl (C=O) groups excluding carboxylic acids is 2. The number of aliphatic hydroxyl groups excluding tert-OH is 1. The van der Waals surface area contributed by atoms with Crippen LogP contribution in [0.1, 0.15) is 71.6 Å². The molecule has 7 heteroatoms. The van der Waals surface area contributed by atoms with Crippen molar-refractivity contribution in [3.8, 4) is 0 Å². The lowest BCUT2D eigenvalue weighted by Gasteiger charge is -2.63. The molecule has 4 aliphatic carbocycles. The quantitative estimate of drug-likeness (QED) is 0.629. The average Bonchev–Trinajstić information content (AvgIpc) is 3.35. The third-order valence-electron chi connectivity index (χ3n) is 10.5. The van der Waals surface area contributed by atoms with Gasteiger partial charge in [-0.15, -0.1) is 0 Å². The first-order valence-electron chi connectivity index (χ1n) is 12.3. The highest BCUT2D eigenvalue weighted by molar-refractivity contribution is 5.85. The predicted octanol–water partition coefficient (Wildman–Crippen LogP) is 2.63. The predicted molar refractivity (Wildman–Crippen MR) is 112 cm³/mol. The summed E-state index contributed by atoms with van der Waals surface area (Å²) in [5, 5.41) is 22.3. The van der Waals surface area contributed by atoms with Crippen molar-refractivity contribution in [3.05, 3.63) is 11.6 Å². The fourth-order valence-corrected chi connectivity index (χ4v) is 9.43.